The highest BCUT2D eigenvalue weighted by molar-refractivity contribution is 7.93. The molecule has 0 N–H and O–H groups in total. The Morgan fingerprint density at radius 1 is 1.19 bits per heavy atom. The first-order valence-electron chi connectivity index (χ1n) is 6.58. The maximum Gasteiger partial charge on any atom is 0.151 e. The van der Waals surface area contributed by atoms with Crippen molar-refractivity contribution in [3.05, 3.63) is 68.7 Å². The minimum Gasteiger partial charge on any atom is -0.328 e. The molecule has 3 nitrogen and oxygen atoms in total. The van der Waals surface area contributed by atoms with Gasteiger partial charge in [-0.2, -0.15) is 4.40 Å². The number of nitrogens with zero attached hydrogens (tertiary/aromatic N) is 2. The average molecular weight is 300 g/mol. The molecule has 1 atom stereocenters. The number of rotatable bonds is 0. The van der Waals surface area contributed by atoms with Gasteiger partial charge in [0.15, 0.2) is 5.49 Å². The fourth-order valence-electron chi connectivity index (χ4n) is 2.99. The summed E-state index contributed by atoms with van der Waals surface area (Å²) in [7, 11) is -0.648. The number of aromatic nitrogens is 1. The van der Waals surface area contributed by atoms with Crippen LogP contribution in [-0.4, -0.2) is 15.0 Å². The van der Waals surface area contributed by atoms with E-state index in [9.17, 15) is 8.60 Å². The summed E-state index contributed by atoms with van der Waals surface area (Å²) < 4.78 is 33.4. The Morgan fingerprint density at radius 2 is 1.95 bits per heavy atom. The molecule has 1 unspecified atom stereocenters. The predicted octanol–water partition coefficient (Wildman–Crippen LogP) is 2.32. The normalized spacial score (nSPS) is 20.0. The SMILES string of the molecule is Cn1c2c(c3ccc(F)cc31)=c1ccccc1=S(C)(=O)N=2. The van der Waals surface area contributed by atoms with E-state index in [2.05, 4.69) is 4.40 Å². The van der Waals surface area contributed by atoms with E-state index in [-0.39, 0.29) is 5.82 Å². The van der Waals surface area contributed by atoms with Gasteiger partial charge in [-0.15, -0.1) is 0 Å². The summed E-state index contributed by atoms with van der Waals surface area (Å²) in [6.45, 7) is 0. The van der Waals surface area contributed by atoms with E-state index < -0.39 is 9.71 Å². The fraction of sp³-hybridized carbons (Fsp3) is 0.125. The standard InChI is InChI=1S/C16H13FN2OS/c1-19-13-9-10(17)7-8-11(13)15-12-5-3-4-6-14(12)21(2,20)18-16(15)19/h3-9H,1-2H3. The summed E-state index contributed by atoms with van der Waals surface area (Å²) >= 11 is 0. The van der Waals surface area contributed by atoms with Crippen LogP contribution in [0.2, 0.25) is 0 Å². The van der Waals surface area contributed by atoms with Crippen molar-refractivity contribution in [3.63, 3.8) is 0 Å². The Bertz CT molecular complexity index is 1220. The summed E-state index contributed by atoms with van der Waals surface area (Å²) in [5.41, 5.74) is 1.41. The Balaban J connectivity index is 2.54. The van der Waals surface area contributed by atoms with Crippen LogP contribution in [0.5, 0.6) is 0 Å². The lowest BCUT2D eigenvalue weighted by Crippen LogP contribution is -2.19. The van der Waals surface area contributed by atoms with Gasteiger partial charge in [-0.1, -0.05) is 18.2 Å². The molecule has 2 aromatic carbocycles. The van der Waals surface area contributed by atoms with Crippen LogP contribution in [0.3, 0.4) is 0 Å². The van der Waals surface area contributed by atoms with E-state index >= 15 is 0 Å². The molecule has 4 rings (SSSR count). The third-order valence-electron chi connectivity index (χ3n) is 3.96. The molecule has 0 saturated heterocycles. The summed E-state index contributed by atoms with van der Waals surface area (Å²) in [5, 5.41) is 2.79. The Labute approximate surface area is 120 Å². The van der Waals surface area contributed by atoms with Crippen LogP contribution in [0.1, 0.15) is 0 Å². The highest BCUT2D eigenvalue weighted by Crippen LogP contribution is 2.18. The van der Waals surface area contributed by atoms with Gasteiger partial charge in [0.1, 0.15) is 5.82 Å². The third-order valence-corrected chi connectivity index (χ3v) is 5.65. The molecule has 0 saturated carbocycles. The second-order valence-corrected chi connectivity index (χ2v) is 7.54. The topological polar surface area (TPSA) is 34.4 Å². The van der Waals surface area contributed by atoms with Crippen LogP contribution in [0.25, 0.3) is 10.9 Å². The van der Waals surface area contributed by atoms with E-state index in [0.717, 1.165) is 25.9 Å². The lowest BCUT2D eigenvalue weighted by atomic mass is 10.2. The van der Waals surface area contributed by atoms with Gasteiger partial charge >= 0.3 is 0 Å². The molecule has 1 aromatic heterocycles. The zero-order valence-corrected chi connectivity index (χ0v) is 12.4. The molecule has 0 fully saturated rings. The minimum absolute atomic E-state index is 0.286. The number of halogens is 1. The predicted molar refractivity (Wildman–Crippen MR) is 81.0 cm³/mol. The summed E-state index contributed by atoms with van der Waals surface area (Å²) in [6, 6.07) is 12.3. The number of fused-ring (bicyclic) bond motifs is 4. The first-order valence-corrected chi connectivity index (χ1v) is 8.51. The van der Waals surface area contributed by atoms with Crippen LogP contribution in [0.4, 0.5) is 4.39 Å². The van der Waals surface area contributed by atoms with Gasteiger partial charge in [-0.25, -0.2) is 8.60 Å². The van der Waals surface area contributed by atoms with Crippen molar-refractivity contribution in [2.75, 3.05) is 6.26 Å². The molecule has 21 heavy (non-hydrogen) atoms. The molecular formula is C16H13FN2OS. The Kier molecular flexibility index (Phi) is 2.37. The lowest BCUT2D eigenvalue weighted by Gasteiger charge is -2.03. The molecule has 0 bridgehead atoms. The molecule has 0 spiro atoms. The van der Waals surface area contributed by atoms with Gasteiger partial charge in [-0.3, -0.25) is 0 Å². The Hall–Kier alpha value is -2.14. The van der Waals surface area contributed by atoms with Gasteiger partial charge in [0.25, 0.3) is 0 Å². The van der Waals surface area contributed by atoms with Gasteiger partial charge in [0.2, 0.25) is 0 Å². The smallest absolute Gasteiger partial charge is 0.151 e. The number of hydrogen-bond donors (Lipinski definition) is 0. The van der Waals surface area contributed by atoms with Crippen molar-refractivity contribution in [3.8, 4) is 0 Å². The molecular weight excluding hydrogens is 287 g/mol. The zero-order chi connectivity index (χ0) is 14.8. The first kappa shape index (κ1) is 12.6. The van der Waals surface area contributed by atoms with E-state index in [1.807, 2.05) is 35.9 Å². The number of benzene rings is 2. The number of aryl methyl sites for hydroxylation is 1. The summed E-state index contributed by atoms with van der Waals surface area (Å²) in [5.74, 6) is -0.286. The average Bonchev–Trinajstić information content (AvgIpc) is 2.72. The van der Waals surface area contributed by atoms with Crippen LogP contribution in [0, 0.1) is 20.8 Å². The van der Waals surface area contributed by atoms with Gasteiger partial charge in [0.05, 0.1) is 19.7 Å². The van der Waals surface area contributed by atoms with Gasteiger partial charge in [-0.05, 0) is 24.3 Å². The van der Waals surface area contributed by atoms with Crippen molar-refractivity contribution in [2.24, 2.45) is 11.4 Å². The molecule has 2 heterocycles. The van der Waals surface area contributed by atoms with E-state index in [0.29, 0.717) is 5.49 Å². The lowest BCUT2D eigenvalue weighted by molar-refractivity contribution is 0.628. The van der Waals surface area contributed by atoms with E-state index in [1.54, 1.807) is 12.3 Å². The molecule has 3 aromatic rings. The molecule has 0 amide bonds. The minimum atomic E-state index is -2.48. The molecule has 5 heteroatoms. The summed E-state index contributed by atoms with van der Waals surface area (Å²) in [4.78, 5) is 0. The van der Waals surface area contributed by atoms with E-state index in [4.69, 9.17) is 0 Å². The maximum absolute atomic E-state index is 13.5. The van der Waals surface area contributed by atoms with Crippen LogP contribution in [0.15, 0.2) is 46.9 Å². The largest absolute Gasteiger partial charge is 0.328 e. The van der Waals surface area contributed by atoms with Gasteiger partial charge < -0.3 is 4.57 Å². The van der Waals surface area contributed by atoms with Crippen LogP contribution >= 0.6 is 0 Å². The summed E-state index contributed by atoms with van der Waals surface area (Å²) in [6.07, 6.45) is 1.65. The van der Waals surface area contributed by atoms with Crippen LogP contribution < -0.4 is 5.49 Å². The van der Waals surface area contributed by atoms with Crippen LogP contribution in [-0.2, 0) is 16.8 Å². The monoisotopic (exact) mass is 300 g/mol. The van der Waals surface area contributed by atoms with Crippen molar-refractivity contribution in [1.29, 1.82) is 0 Å². The molecule has 1 aliphatic rings. The zero-order valence-electron chi connectivity index (χ0n) is 11.6. The maximum atomic E-state index is 13.5. The van der Waals surface area contributed by atoms with Crippen molar-refractivity contribution >= 4 is 20.6 Å². The van der Waals surface area contributed by atoms with Crippen molar-refractivity contribution in [2.45, 2.75) is 0 Å². The quantitative estimate of drug-likeness (QED) is 0.587. The first-order chi connectivity index (χ1) is 9.99. The highest BCUT2D eigenvalue weighted by atomic mass is 32.2. The second kappa shape index (κ2) is 3.95. The number of hydrogen-bond acceptors (Lipinski definition) is 1. The fourth-order valence-corrected chi connectivity index (χ4v) is 4.54. The molecule has 106 valence electrons. The molecule has 0 aliphatic carbocycles. The van der Waals surface area contributed by atoms with E-state index in [1.165, 1.54) is 12.1 Å². The Morgan fingerprint density at radius 3 is 2.76 bits per heavy atom. The van der Waals surface area contributed by atoms with Gasteiger partial charge in [0, 0.05) is 29.1 Å². The highest BCUT2D eigenvalue weighted by Gasteiger charge is 2.13. The second-order valence-electron chi connectivity index (χ2n) is 5.31. The van der Waals surface area contributed by atoms with Crippen molar-refractivity contribution in [1.82, 2.24) is 4.57 Å². The molecule has 1 aliphatic heterocycles. The van der Waals surface area contributed by atoms with Crippen molar-refractivity contribution < 1.29 is 8.60 Å². The molecule has 0 radical (unpaired) electrons. The third kappa shape index (κ3) is 1.61.